The Bertz CT molecular complexity index is 355. The van der Waals surface area contributed by atoms with Crippen molar-refractivity contribution in [3.05, 3.63) is 0 Å². The maximum atomic E-state index is 12.3. The van der Waals surface area contributed by atoms with Gasteiger partial charge in [-0.1, -0.05) is 13.8 Å². The molecule has 0 spiro atoms. The van der Waals surface area contributed by atoms with Crippen LogP contribution in [0.2, 0.25) is 0 Å². The molecule has 2 saturated carbocycles. The molecule has 19 heavy (non-hydrogen) atoms. The van der Waals surface area contributed by atoms with Gasteiger partial charge in [0.25, 0.3) is 0 Å². The largest absolute Gasteiger partial charge is 0.391 e. The van der Waals surface area contributed by atoms with Gasteiger partial charge >= 0.3 is 0 Å². The Morgan fingerprint density at radius 1 is 1.53 bits per heavy atom. The number of hydrogen-bond acceptors (Lipinski definition) is 4. The molecule has 2 fully saturated rings. The standard InChI is InChI=1S/C14H26N2O3/c1-4-19-11-7-14(15,13(11,2)3)12(18)16-8-10(17)9-5-6-9/h9-11,17H,4-8,15H2,1-3H3,(H,16,18). The third-order valence-electron chi connectivity index (χ3n) is 4.87. The van der Waals surface area contributed by atoms with Gasteiger partial charge in [0.05, 0.1) is 12.2 Å². The Labute approximate surface area is 114 Å². The summed E-state index contributed by atoms with van der Waals surface area (Å²) in [6, 6.07) is 0. The highest BCUT2D eigenvalue weighted by molar-refractivity contribution is 5.88. The van der Waals surface area contributed by atoms with Gasteiger partial charge in [-0.25, -0.2) is 0 Å². The van der Waals surface area contributed by atoms with Crippen LogP contribution in [0.5, 0.6) is 0 Å². The maximum absolute atomic E-state index is 12.3. The summed E-state index contributed by atoms with van der Waals surface area (Å²) in [7, 11) is 0. The minimum Gasteiger partial charge on any atom is -0.391 e. The van der Waals surface area contributed by atoms with Crippen molar-refractivity contribution in [1.29, 1.82) is 0 Å². The quantitative estimate of drug-likeness (QED) is 0.652. The summed E-state index contributed by atoms with van der Waals surface area (Å²) < 4.78 is 5.60. The average Bonchev–Trinajstić information content (AvgIpc) is 3.19. The van der Waals surface area contributed by atoms with Crippen LogP contribution in [0.3, 0.4) is 0 Å². The first kappa shape index (κ1) is 14.8. The van der Waals surface area contributed by atoms with Crippen molar-refractivity contribution >= 4 is 5.91 Å². The second-order valence-electron chi connectivity index (χ2n) is 6.46. The van der Waals surface area contributed by atoms with Gasteiger partial charge in [0.1, 0.15) is 5.54 Å². The van der Waals surface area contributed by atoms with Gasteiger partial charge < -0.3 is 20.9 Å². The number of nitrogens with one attached hydrogen (secondary N) is 1. The Morgan fingerprint density at radius 3 is 2.63 bits per heavy atom. The van der Waals surface area contributed by atoms with Crippen molar-refractivity contribution in [2.45, 2.75) is 57.8 Å². The number of carbonyl (C=O) groups excluding carboxylic acids is 1. The van der Waals surface area contributed by atoms with Crippen LogP contribution in [0.1, 0.15) is 40.0 Å². The van der Waals surface area contributed by atoms with Crippen LogP contribution >= 0.6 is 0 Å². The second kappa shape index (κ2) is 5.04. The first-order valence-electron chi connectivity index (χ1n) is 7.19. The fourth-order valence-corrected chi connectivity index (χ4v) is 2.82. The molecule has 2 aliphatic rings. The van der Waals surface area contributed by atoms with E-state index in [1.807, 2.05) is 20.8 Å². The zero-order valence-corrected chi connectivity index (χ0v) is 12.1. The van der Waals surface area contributed by atoms with Crippen LogP contribution in [-0.2, 0) is 9.53 Å². The normalized spacial score (nSPS) is 34.5. The molecule has 0 saturated heterocycles. The molecule has 0 aliphatic heterocycles. The number of carbonyl (C=O) groups is 1. The highest BCUT2D eigenvalue weighted by Crippen LogP contribution is 2.49. The van der Waals surface area contributed by atoms with E-state index in [0.717, 1.165) is 12.8 Å². The average molecular weight is 270 g/mol. The number of aliphatic hydroxyl groups excluding tert-OH is 1. The Kier molecular flexibility index (Phi) is 3.91. The Hall–Kier alpha value is -0.650. The minimum atomic E-state index is -0.893. The first-order chi connectivity index (χ1) is 8.83. The van der Waals surface area contributed by atoms with E-state index in [2.05, 4.69) is 5.32 Å². The minimum absolute atomic E-state index is 0.0293. The van der Waals surface area contributed by atoms with Crippen LogP contribution in [0.15, 0.2) is 0 Å². The molecule has 3 atom stereocenters. The molecule has 110 valence electrons. The van der Waals surface area contributed by atoms with Crippen molar-refractivity contribution < 1.29 is 14.6 Å². The lowest BCUT2D eigenvalue weighted by atomic mass is 9.54. The van der Waals surface area contributed by atoms with E-state index in [-0.39, 0.29) is 17.4 Å². The summed E-state index contributed by atoms with van der Waals surface area (Å²) in [6.45, 7) is 6.81. The molecule has 0 aromatic rings. The molecule has 5 heteroatoms. The summed E-state index contributed by atoms with van der Waals surface area (Å²) >= 11 is 0. The predicted molar refractivity (Wildman–Crippen MR) is 72.5 cm³/mol. The van der Waals surface area contributed by atoms with E-state index < -0.39 is 11.6 Å². The monoisotopic (exact) mass is 270 g/mol. The second-order valence-corrected chi connectivity index (χ2v) is 6.46. The lowest BCUT2D eigenvalue weighted by Crippen LogP contribution is -2.76. The SMILES string of the molecule is CCOC1CC(N)(C(=O)NCC(O)C2CC2)C1(C)C. The predicted octanol–water partition coefficient (Wildman–Crippen LogP) is 0.406. The molecular weight excluding hydrogens is 244 g/mol. The molecule has 0 aromatic heterocycles. The molecule has 2 rings (SSSR count). The highest BCUT2D eigenvalue weighted by Gasteiger charge is 2.62. The molecule has 1 amide bonds. The summed E-state index contributed by atoms with van der Waals surface area (Å²) in [5.74, 6) is 0.188. The number of aliphatic hydroxyl groups is 1. The lowest BCUT2D eigenvalue weighted by molar-refractivity contribution is -0.171. The van der Waals surface area contributed by atoms with E-state index in [4.69, 9.17) is 10.5 Å². The van der Waals surface area contributed by atoms with Crippen LogP contribution in [0.25, 0.3) is 0 Å². The topological polar surface area (TPSA) is 84.6 Å². The molecule has 0 aromatic carbocycles. The van der Waals surface area contributed by atoms with E-state index in [9.17, 15) is 9.90 Å². The van der Waals surface area contributed by atoms with Crippen LogP contribution in [-0.4, -0.2) is 41.9 Å². The van der Waals surface area contributed by atoms with E-state index in [1.54, 1.807) is 0 Å². The van der Waals surface area contributed by atoms with Gasteiger partial charge in [0, 0.05) is 25.0 Å². The molecule has 4 N–H and O–H groups in total. The maximum Gasteiger partial charge on any atom is 0.240 e. The van der Waals surface area contributed by atoms with Crippen LogP contribution in [0.4, 0.5) is 0 Å². The first-order valence-corrected chi connectivity index (χ1v) is 7.19. The summed E-state index contributed by atoms with van der Waals surface area (Å²) in [5, 5.41) is 12.6. The number of hydrogen-bond donors (Lipinski definition) is 3. The van der Waals surface area contributed by atoms with Gasteiger partial charge in [0.2, 0.25) is 5.91 Å². The fourth-order valence-electron chi connectivity index (χ4n) is 2.82. The third kappa shape index (κ3) is 2.51. The van der Waals surface area contributed by atoms with Crippen molar-refractivity contribution in [3.8, 4) is 0 Å². The molecule has 0 bridgehead atoms. The number of rotatable bonds is 6. The van der Waals surface area contributed by atoms with E-state index >= 15 is 0 Å². The van der Waals surface area contributed by atoms with Gasteiger partial charge in [-0.3, -0.25) is 4.79 Å². The summed E-state index contributed by atoms with van der Waals surface area (Å²) in [4.78, 5) is 12.3. The molecule has 2 aliphatic carbocycles. The summed E-state index contributed by atoms with van der Waals surface area (Å²) in [6.07, 6.45) is 2.25. The Morgan fingerprint density at radius 2 is 2.16 bits per heavy atom. The number of amides is 1. The van der Waals surface area contributed by atoms with Crippen molar-refractivity contribution in [3.63, 3.8) is 0 Å². The van der Waals surface area contributed by atoms with Crippen molar-refractivity contribution in [2.75, 3.05) is 13.2 Å². The summed E-state index contributed by atoms with van der Waals surface area (Å²) in [5.41, 5.74) is 4.98. The van der Waals surface area contributed by atoms with Crippen LogP contribution in [0, 0.1) is 11.3 Å². The Balaban J connectivity index is 1.87. The fraction of sp³-hybridized carbons (Fsp3) is 0.929. The van der Waals surface area contributed by atoms with E-state index in [0.29, 0.717) is 25.5 Å². The molecule has 0 heterocycles. The van der Waals surface area contributed by atoms with Gasteiger partial charge in [-0.15, -0.1) is 0 Å². The van der Waals surface area contributed by atoms with Crippen molar-refractivity contribution in [2.24, 2.45) is 17.1 Å². The van der Waals surface area contributed by atoms with Crippen LogP contribution < -0.4 is 11.1 Å². The zero-order chi connectivity index (χ0) is 14.3. The lowest BCUT2D eigenvalue weighted by Gasteiger charge is -2.57. The smallest absolute Gasteiger partial charge is 0.240 e. The van der Waals surface area contributed by atoms with Gasteiger partial charge in [-0.05, 0) is 25.7 Å². The number of nitrogens with two attached hydrogens (primary N) is 1. The molecule has 0 radical (unpaired) electrons. The third-order valence-corrected chi connectivity index (χ3v) is 4.87. The molecule has 5 nitrogen and oxygen atoms in total. The molecular formula is C14H26N2O3. The van der Waals surface area contributed by atoms with Crippen molar-refractivity contribution in [1.82, 2.24) is 5.32 Å². The molecule has 3 unspecified atom stereocenters. The zero-order valence-electron chi connectivity index (χ0n) is 12.1. The highest BCUT2D eigenvalue weighted by atomic mass is 16.5. The number of ether oxygens (including phenoxy) is 1. The van der Waals surface area contributed by atoms with Gasteiger partial charge in [0.15, 0.2) is 0 Å². The van der Waals surface area contributed by atoms with E-state index in [1.165, 1.54) is 0 Å². The van der Waals surface area contributed by atoms with Gasteiger partial charge in [-0.2, -0.15) is 0 Å².